The molecule has 0 fully saturated rings. The minimum Gasteiger partial charge on any atom is -0.497 e. The van der Waals surface area contributed by atoms with Crippen LogP contribution in [0.1, 0.15) is 30.9 Å². The Morgan fingerprint density at radius 1 is 1.18 bits per heavy atom. The topological polar surface area (TPSA) is 67.9 Å². The third kappa shape index (κ3) is 4.82. The number of fused-ring (bicyclic) bond motifs is 1. The maximum Gasteiger partial charge on any atom is 0.227 e. The molecule has 3 rings (SSSR count). The van der Waals surface area contributed by atoms with Crippen molar-refractivity contribution in [1.82, 2.24) is 5.32 Å². The molecular weight excluding hydrogens is 356 g/mol. The first kappa shape index (κ1) is 19.7. The lowest BCUT2D eigenvalue weighted by Gasteiger charge is -2.33. The van der Waals surface area contributed by atoms with Crippen molar-refractivity contribution >= 4 is 17.5 Å². The number of nitrogens with zero attached hydrogens (tertiary/aromatic N) is 1. The molecule has 2 aromatic rings. The van der Waals surface area contributed by atoms with E-state index in [4.69, 9.17) is 9.47 Å². The van der Waals surface area contributed by atoms with Crippen LogP contribution in [-0.4, -0.2) is 31.6 Å². The number of carbonyl (C=O) groups excluding carboxylic acids is 2. The van der Waals surface area contributed by atoms with Gasteiger partial charge in [-0.25, -0.2) is 0 Å². The Labute approximate surface area is 165 Å². The van der Waals surface area contributed by atoms with Crippen LogP contribution in [0.2, 0.25) is 0 Å². The van der Waals surface area contributed by atoms with Crippen molar-refractivity contribution in [2.75, 3.05) is 18.6 Å². The molecule has 2 aromatic carbocycles. The fourth-order valence-electron chi connectivity index (χ4n) is 3.17. The van der Waals surface area contributed by atoms with E-state index in [0.717, 1.165) is 22.6 Å². The van der Waals surface area contributed by atoms with Crippen molar-refractivity contribution in [2.24, 2.45) is 0 Å². The molecule has 6 heteroatoms. The number of hydrogen-bond donors (Lipinski definition) is 1. The summed E-state index contributed by atoms with van der Waals surface area (Å²) in [6.45, 7) is 4.83. The first-order valence-corrected chi connectivity index (χ1v) is 9.43. The highest BCUT2D eigenvalue weighted by Crippen LogP contribution is 2.34. The Bertz CT molecular complexity index is 848. The zero-order valence-corrected chi connectivity index (χ0v) is 16.5. The van der Waals surface area contributed by atoms with E-state index < -0.39 is 0 Å². The lowest BCUT2D eigenvalue weighted by Crippen LogP contribution is -2.42. The van der Waals surface area contributed by atoms with E-state index in [1.165, 1.54) is 0 Å². The van der Waals surface area contributed by atoms with Gasteiger partial charge in [0.25, 0.3) is 0 Å². The molecule has 0 bridgehead atoms. The lowest BCUT2D eigenvalue weighted by molar-refractivity contribution is -0.125. The number of hydrogen-bond acceptors (Lipinski definition) is 4. The number of carbonyl (C=O) groups is 2. The summed E-state index contributed by atoms with van der Waals surface area (Å²) in [6, 6.07) is 13.3. The molecule has 2 amide bonds. The monoisotopic (exact) mass is 382 g/mol. The molecule has 1 aliphatic heterocycles. The average molecular weight is 382 g/mol. The molecule has 0 radical (unpaired) electrons. The van der Waals surface area contributed by atoms with Gasteiger partial charge in [0, 0.05) is 19.4 Å². The second kappa shape index (κ2) is 8.78. The number of nitrogens with one attached hydrogen (secondary N) is 1. The molecule has 6 nitrogen and oxygen atoms in total. The minimum absolute atomic E-state index is 0.0680. The Morgan fingerprint density at radius 3 is 2.64 bits per heavy atom. The Balaban J connectivity index is 1.53. The van der Waals surface area contributed by atoms with Crippen LogP contribution in [0.5, 0.6) is 11.5 Å². The van der Waals surface area contributed by atoms with Gasteiger partial charge in [-0.1, -0.05) is 18.2 Å². The highest BCUT2D eigenvalue weighted by molar-refractivity contribution is 5.97. The molecule has 0 aliphatic carbocycles. The highest BCUT2D eigenvalue weighted by atomic mass is 16.5. The van der Waals surface area contributed by atoms with E-state index in [1.807, 2.05) is 56.3 Å². The van der Waals surface area contributed by atoms with Crippen molar-refractivity contribution in [3.8, 4) is 11.5 Å². The Kier molecular flexibility index (Phi) is 6.19. The Morgan fingerprint density at radius 2 is 1.93 bits per heavy atom. The fourth-order valence-corrected chi connectivity index (χ4v) is 3.17. The fraction of sp³-hybridized carbons (Fsp3) is 0.364. The summed E-state index contributed by atoms with van der Waals surface area (Å²) in [6.07, 6.45) is 0.235. The molecule has 28 heavy (non-hydrogen) atoms. The first-order chi connectivity index (χ1) is 13.5. The average Bonchev–Trinajstić information content (AvgIpc) is 2.70. The molecule has 0 saturated carbocycles. The van der Waals surface area contributed by atoms with E-state index in [9.17, 15) is 9.59 Å². The van der Waals surface area contributed by atoms with Gasteiger partial charge in [-0.2, -0.15) is 0 Å². The summed E-state index contributed by atoms with van der Waals surface area (Å²) in [4.78, 5) is 26.6. The second-order valence-corrected chi connectivity index (χ2v) is 7.03. The van der Waals surface area contributed by atoms with E-state index in [0.29, 0.717) is 18.8 Å². The van der Waals surface area contributed by atoms with Gasteiger partial charge in [0.05, 0.1) is 19.3 Å². The summed E-state index contributed by atoms with van der Waals surface area (Å²) >= 11 is 0. The highest BCUT2D eigenvalue weighted by Gasteiger charge is 2.27. The minimum atomic E-state index is -0.144. The summed E-state index contributed by atoms with van der Waals surface area (Å²) in [7, 11) is 1.61. The SMILES string of the molecule is COc1ccc(CNC(=O)CCC(=O)N2C[C@@H](C)Oc3ccc(C)cc32)cc1. The van der Waals surface area contributed by atoms with Crippen LogP contribution < -0.4 is 19.7 Å². The molecule has 0 aromatic heterocycles. The molecule has 0 spiro atoms. The van der Waals surface area contributed by atoms with E-state index in [-0.39, 0.29) is 30.8 Å². The molecule has 1 atom stereocenters. The van der Waals surface area contributed by atoms with Crippen LogP contribution in [0.15, 0.2) is 42.5 Å². The number of amides is 2. The third-order valence-corrected chi connectivity index (χ3v) is 4.69. The molecule has 1 N–H and O–H groups in total. The van der Waals surface area contributed by atoms with E-state index in [1.54, 1.807) is 12.0 Å². The van der Waals surface area contributed by atoms with Gasteiger partial charge in [-0.15, -0.1) is 0 Å². The number of rotatable bonds is 6. The first-order valence-electron chi connectivity index (χ1n) is 9.43. The molecular formula is C22H26N2O4. The van der Waals surface area contributed by atoms with Crippen LogP contribution >= 0.6 is 0 Å². The van der Waals surface area contributed by atoms with Gasteiger partial charge < -0.3 is 19.7 Å². The van der Waals surface area contributed by atoms with Crippen LogP contribution in [0.25, 0.3) is 0 Å². The lowest BCUT2D eigenvalue weighted by atomic mass is 10.1. The predicted molar refractivity (Wildman–Crippen MR) is 108 cm³/mol. The standard InChI is InChI=1S/C22H26N2O4/c1-15-4-9-20-19(12-15)24(14-16(2)28-20)22(26)11-10-21(25)23-13-17-5-7-18(27-3)8-6-17/h4-9,12,16H,10-11,13-14H2,1-3H3,(H,23,25)/t16-/m1/s1. The molecule has 0 saturated heterocycles. The summed E-state index contributed by atoms with van der Waals surface area (Å²) in [5.41, 5.74) is 2.82. The number of ether oxygens (including phenoxy) is 2. The van der Waals surface area contributed by atoms with Gasteiger partial charge >= 0.3 is 0 Å². The molecule has 1 aliphatic rings. The zero-order valence-electron chi connectivity index (χ0n) is 16.5. The van der Waals surface area contributed by atoms with Crippen molar-refractivity contribution in [2.45, 2.75) is 39.3 Å². The quantitative estimate of drug-likeness (QED) is 0.833. The van der Waals surface area contributed by atoms with Crippen molar-refractivity contribution in [3.05, 3.63) is 53.6 Å². The number of methoxy groups -OCH3 is 1. The van der Waals surface area contributed by atoms with Crippen LogP contribution in [0, 0.1) is 6.92 Å². The summed E-state index contributed by atoms with van der Waals surface area (Å²) < 4.78 is 10.9. The summed E-state index contributed by atoms with van der Waals surface area (Å²) in [5.74, 6) is 1.27. The summed E-state index contributed by atoms with van der Waals surface area (Å²) in [5, 5.41) is 2.86. The van der Waals surface area contributed by atoms with E-state index >= 15 is 0 Å². The number of anilines is 1. The molecule has 0 unspecified atom stereocenters. The van der Waals surface area contributed by atoms with Gasteiger partial charge in [0.15, 0.2) is 0 Å². The zero-order chi connectivity index (χ0) is 20.1. The van der Waals surface area contributed by atoms with Gasteiger partial charge in [0.1, 0.15) is 17.6 Å². The van der Waals surface area contributed by atoms with Gasteiger partial charge in [-0.05, 0) is 49.2 Å². The molecule has 1 heterocycles. The number of aryl methyl sites for hydroxylation is 1. The number of benzene rings is 2. The van der Waals surface area contributed by atoms with Crippen molar-refractivity contribution < 1.29 is 19.1 Å². The normalized spacial score (nSPS) is 15.4. The van der Waals surface area contributed by atoms with Crippen LogP contribution in [0.4, 0.5) is 5.69 Å². The molecule has 148 valence electrons. The van der Waals surface area contributed by atoms with Crippen molar-refractivity contribution in [3.63, 3.8) is 0 Å². The van der Waals surface area contributed by atoms with Crippen LogP contribution in [0.3, 0.4) is 0 Å². The Hall–Kier alpha value is -3.02. The maximum atomic E-state index is 12.7. The third-order valence-electron chi connectivity index (χ3n) is 4.69. The smallest absolute Gasteiger partial charge is 0.227 e. The predicted octanol–water partition coefficient (Wildman–Crippen LogP) is 3.21. The largest absolute Gasteiger partial charge is 0.497 e. The maximum absolute atomic E-state index is 12.7. The van der Waals surface area contributed by atoms with E-state index in [2.05, 4.69) is 5.32 Å². The van der Waals surface area contributed by atoms with Crippen LogP contribution in [-0.2, 0) is 16.1 Å². The van der Waals surface area contributed by atoms with Crippen molar-refractivity contribution in [1.29, 1.82) is 0 Å². The van der Waals surface area contributed by atoms with Gasteiger partial charge in [-0.3, -0.25) is 9.59 Å². The second-order valence-electron chi connectivity index (χ2n) is 7.03. The van der Waals surface area contributed by atoms with Gasteiger partial charge in [0.2, 0.25) is 11.8 Å².